The third kappa shape index (κ3) is 6.40. The van der Waals surface area contributed by atoms with Crippen molar-refractivity contribution in [1.82, 2.24) is 4.90 Å². The molecule has 0 bridgehead atoms. The van der Waals surface area contributed by atoms with Gasteiger partial charge in [-0.1, -0.05) is 19.1 Å². The van der Waals surface area contributed by atoms with E-state index in [9.17, 15) is 23.3 Å². The van der Waals surface area contributed by atoms with E-state index >= 15 is 0 Å². The van der Waals surface area contributed by atoms with Gasteiger partial charge in [-0.05, 0) is 54.3 Å². The molecule has 1 aliphatic heterocycles. The Balaban J connectivity index is 1.76. The van der Waals surface area contributed by atoms with Crippen LogP contribution in [0.1, 0.15) is 30.9 Å². The van der Waals surface area contributed by atoms with Gasteiger partial charge in [0.2, 0.25) is 5.91 Å². The zero-order valence-corrected chi connectivity index (χ0v) is 18.7. The number of nitro benzene ring substituents is 1. The summed E-state index contributed by atoms with van der Waals surface area (Å²) >= 11 is 0. The number of hydrogen-bond acceptors (Lipinski definition) is 6. The van der Waals surface area contributed by atoms with E-state index in [1.807, 2.05) is 31.2 Å². The molecule has 9 heteroatoms. The summed E-state index contributed by atoms with van der Waals surface area (Å²) in [5.74, 6) is 0.450. The monoisotopic (exact) mass is 458 g/mol. The fraction of sp³-hybridized carbons (Fsp3) is 0.348. The number of hydrogen-bond donors (Lipinski definition) is 0. The van der Waals surface area contributed by atoms with E-state index < -0.39 is 20.8 Å². The van der Waals surface area contributed by atoms with Crippen molar-refractivity contribution in [3.05, 3.63) is 75.8 Å². The molecule has 2 aromatic carbocycles. The number of benzene rings is 2. The SMILES string of the molecule is CCCOc1ccc(CN(C(=O)/C=C/c2ccc([N+](=O)[O-])cc2)C2CCS(=O)(=O)C2)cc1. The second-order valence-corrected chi connectivity index (χ2v) is 9.93. The van der Waals surface area contributed by atoms with Crippen molar-refractivity contribution >= 4 is 27.5 Å². The molecule has 0 aliphatic carbocycles. The summed E-state index contributed by atoms with van der Waals surface area (Å²) in [4.78, 5) is 24.9. The van der Waals surface area contributed by atoms with Crippen molar-refractivity contribution in [1.29, 1.82) is 0 Å². The highest BCUT2D eigenvalue weighted by molar-refractivity contribution is 7.91. The zero-order valence-electron chi connectivity index (χ0n) is 17.8. The van der Waals surface area contributed by atoms with Crippen molar-refractivity contribution in [2.24, 2.45) is 0 Å². The summed E-state index contributed by atoms with van der Waals surface area (Å²) in [5.41, 5.74) is 1.48. The van der Waals surface area contributed by atoms with Crippen LogP contribution in [0.5, 0.6) is 5.75 Å². The van der Waals surface area contributed by atoms with Crippen LogP contribution in [0.15, 0.2) is 54.6 Å². The number of nitro groups is 1. The maximum absolute atomic E-state index is 13.0. The molecular formula is C23H26N2O6S. The van der Waals surface area contributed by atoms with E-state index in [1.54, 1.807) is 23.1 Å². The van der Waals surface area contributed by atoms with Crippen LogP contribution in [0.2, 0.25) is 0 Å². The first-order valence-corrected chi connectivity index (χ1v) is 12.2. The molecule has 170 valence electrons. The van der Waals surface area contributed by atoms with Gasteiger partial charge in [0.05, 0.1) is 23.0 Å². The summed E-state index contributed by atoms with van der Waals surface area (Å²) in [7, 11) is -3.17. The number of carbonyl (C=O) groups excluding carboxylic acids is 1. The maximum atomic E-state index is 13.0. The molecule has 1 amide bonds. The molecule has 1 aliphatic rings. The Bertz CT molecular complexity index is 1080. The van der Waals surface area contributed by atoms with E-state index in [-0.39, 0.29) is 29.6 Å². The van der Waals surface area contributed by atoms with Crippen molar-refractivity contribution < 1.29 is 22.9 Å². The van der Waals surface area contributed by atoms with Crippen LogP contribution in [0.25, 0.3) is 6.08 Å². The predicted octanol–water partition coefficient (Wildman–Crippen LogP) is 3.61. The maximum Gasteiger partial charge on any atom is 0.269 e. The summed E-state index contributed by atoms with van der Waals surface area (Å²) in [5, 5.41) is 10.8. The summed E-state index contributed by atoms with van der Waals surface area (Å²) in [6, 6.07) is 12.9. The Labute approximate surface area is 187 Å². The number of non-ortho nitro benzene ring substituents is 1. The molecule has 1 atom stereocenters. The lowest BCUT2D eigenvalue weighted by atomic mass is 10.1. The van der Waals surface area contributed by atoms with Gasteiger partial charge in [-0.25, -0.2) is 8.42 Å². The lowest BCUT2D eigenvalue weighted by Gasteiger charge is -2.27. The summed E-state index contributed by atoms with van der Waals surface area (Å²) in [6.45, 7) is 2.92. The van der Waals surface area contributed by atoms with E-state index in [1.165, 1.54) is 18.2 Å². The number of rotatable bonds is 9. The molecule has 1 saturated heterocycles. The number of amides is 1. The minimum Gasteiger partial charge on any atom is -0.494 e. The molecule has 1 fully saturated rings. The molecule has 3 rings (SSSR count). The van der Waals surface area contributed by atoms with Gasteiger partial charge in [-0.2, -0.15) is 0 Å². The van der Waals surface area contributed by atoms with Gasteiger partial charge in [0.15, 0.2) is 9.84 Å². The minimum absolute atomic E-state index is 0.0300. The smallest absolute Gasteiger partial charge is 0.269 e. The third-order valence-corrected chi connectivity index (χ3v) is 6.95. The largest absolute Gasteiger partial charge is 0.494 e. The molecule has 1 heterocycles. The average Bonchev–Trinajstić information content (AvgIpc) is 3.14. The van der Waals surface area contributed by atoms with Crippen molar-refractivity contribution in [3.8, 4) is 5.75 Å². The van der Waals surface area contributed by atoms with E-state index in [4.69, 9.17) is 4.74 Å². The first-order valence-electron chi connectivity index (χ1n) is 10.4. The highest BCUT2D eigenvalue weighted by atomic mass is 32.2. The normalized spacial score (nSPS) is 17.3. The molecular weight excluding hydrogens is 432 g/mol. The van der Waals surface area contributed by atoms with Crippen LogP contribution >= 0.6 is 0 Å². The lowest BCUT2D eigenvalue weighted by Crippen LogP contribution is -2.39. The predicted molar refractivity (Wildman–Crippen MR) is 122 cm³/mol. The fourth-order valence-electron chi connectivity index (χ4n) is 3.49. The first-order chi connectivity index (χ1) is 15.3. The van der Waals surface area contributed by atoms with Crippen molar-refractivity contribution in [3.63, 3.8) is 0 Å². The van der Waals surface area contributed by atoms with Gasteiger partial charge in [0.25, 0.3) is 5.69 Å². The van der Waals surface area contributed by atoms with Gasteiger partial charge in [-0.15, -0.1) is 0 Å². The number of carbonyl (C=O) groups is 1. The summed E-state index contributed by atoms with van der Waals surface area (Å²) in [6.07, 6.45) is 4.26. The van der Waals surface area contributed by atoms with Gasteiger partial charge in [0, 0.05) is 30.8 Å². The Morgan fingerprint density at radius 2 is 1.88 bits per heavy atom. The quantitative estimate of drug-likeness (QED) is 0.323. The lowest BCUT2D eigenvalue weighted by molar-refractivity contribution is -0.384. The molecule has 2 aromatic rings. The Kier molecular flexibility index (Phi) is 7.63. The molecule has 1 unspecified atom stereocenters. The second kappa shape index (κ2) is 10.4. The average molecular weight is 459 g/mol. The van der Waals surface area contributed by atoms with Crippen LogP contribution in [0.3, 0.4) is 0 Å². The fourth-order valence-corrected chi connectivity index (χ4v) is 5.22. The van der Waals surface area contributed by atoms with Gasteiger partial charge in [-0.3, -0.25) is 14.9 Å². The minimum atomic E-state index is -3.17. The van der Waals surface area contributed by atoms with Crippen LogP contribution < -0.4 is 4.74 Å². The third-order valence-electron chi connectivity index (χ3n) is 5.20. The molecule has 8 nitrogen and oxygen atoms in total. The standard InChI is InChI=1S/C23H26N2O6S/c1-2-14-31-22-10-5-19(6-11-22)16-24(21-13-15-32(29,30)17-21)23(26)12-7-18-3-8-20(9-4-18)25(27)28/h3-12,21H,2,13-17H2,1H3/b12-7+. The molecule has 0 radical (unpaired) electrons. The van der Waals surface area contributed by atoms with Gasteiger partial charge in [0.1, 0.15) is 5.75 Å². The Hall–Kier alpha value is -3.20. The molecule has 32 heavy (non-hydrogen) atoms. The number of ether oxygens (including phenoxy) is 1. The topological polar surface area (TPSA) is 107 Å². The van der Waals surface area contributed by atoms with Gasteiger partial charge >= 0.3 is 0 Å². The number of nitrogens with zero attached hydrogens (tertiary/aromatic N) is 2. The molecule has 0 saturated carbocycles. The second-order valence-electron chi connectivity index (χ2n) is 7.70. The van der Waals surface area contributed by atoms with Crippen molar-refractivity contribution in [2.45, 2.75) is 32.4 Å². The molecule has 0 aromatic heterocycles. The van der Waals surface area contributed by atoms with Crippen LogP contribution in [0, 0.1) is 10.1 Å². The van der Waals surface area contributed by atoms with E-state index in [0.29, 0.717) is 18.6 Å². The highest BCUT2D eigenvalue weighted by Gasteiger charge is 2.34. The van der Waals surface area contributed by atoms with Crippen LogP contribution in [-0.4, -0.2) is 48.3 Å². The molecule has 0 spiro atoms. The van der Waals surface area contributed by atoms with E-state index in [2.05, 4.69) is 0 Å². The molecule has 0 N–H and O–H groups in total. The Morgan fingerprint density at radius 1 is 1.19 bits per heavy atom. The Morgan fingerprint density at radius 3 is 2.44 bits per heavy atom. The van der Waals surface area contributed by atoms with Crippen LogP contribution in [0.4, 0.5) is 5.69 Å². The zero-order chi connectivity index (χ0) is 23.1. The van der Waals surface area contributed by atoms with Crippen molar-refractivity contribution in [2.75, 3.05) is 18.1 Å². The van der Waals surface area contributed by atoms with Crippen LogP contribution in [-0.2, 0) is 21.2 Å². The first kappa shape index (κ1) is 23.5. The van der Waals surface area contributed by atoms with Gasteiger partial charge < -0.3 is 9.64 Å². The highest BCUT2D eigenvalue weighted by Crippen LogP contribution is 2.22. The summed E-state index contributed by atoms with van der Waals surface area (Å²) < 4.78 is 29.6. The van der Waals surface area contributed by atoms with E-state index in [0.717, 1.165) is 17.7 Å². The number of sulfone groups is 1.